The molecule has 0 spiro atoms. The highest BCUT2D eigenvalue weighted by Crippen LogP contribution is 2.18. The molecule has 166 valence electrons. The average molecular weight is 432 g/mol. The third-order valence-electron chi connectivity index (χ3n) is 4.95. The van der Waals surface area contributed by atoms with Gasteiger partial charge in [0.2, 0.25) is 0 Å². The first kappa shape index (κ1) is 23.4. The molecule has 0 radical (unpaired) electrons. The summed E-state index contributed by atoms with van der Waals surface area (Å²) in [4.78, 5) is 0. The van der Waals surface area contributed by atoms with E-state index in [2.05, 4.69) is 11.7 Å². The number of nitrogens with zero attached hydrogens (tertiary/aromatic N) is 1. The molecule has 0 bridgehead atoms. The van der Waals surface area contributed by atoms with E-state index < -0.39 is 18.3 Å². The standard InChI is InChI=1S/C27H29NO4/c1-2-25(30-19-22-12-6-3-7-13-22)27(32-21-24-16-10-5-11-17-24)26(18-28-29)31-20-23-14-8-4-9-15-23/h2-18,25-27,29H,1,19-21H2/b28-18+/t25-,26-,27-/m0/s1. The van der Waals surface area contributed by atoms with Crippen molar-refractivity contribution in [1.82, 2.24) is 0 Å². The summed E-state index contributed by atoms with van der Waals surface area (Å²) >= 11 is 0. The van der Waals surface area contributed by atoms with Crippen LogP contribution in [0.25, 0.3) is 0 Å². The maximum absolute atomic E-state index is 9.30. The number of ether oxygens (including phenoxy) is 3. The molecule has 32 heavy (non-hydrogen) atoms. The molecule has 0 heterocycles. The Morgan fingerprint density at radius 2 is 1.06 bits per heavy atom. The summed E-state index contributed by atoms with van der Waals surface area (Å²) in [6.45, 7) is 5.03. The van der Waals surface area contributed by atoms with Gasteiger partial charge in [0.15, 0.2) is 0 Å². The molecule has 0 aliphatic carbocycles. The van der Waals surface area contributed by atoms with Gasteiger partial charge in [-0.25, -0.2) is 0 Å². The summed E-state index contributed by atoms with van der Waals surface area (Å²) in [5, 5.41) is 12.5. The smallest absolute Gasteiger partial charge is 0.125 e. The first-order chi connectivity index (χ1) is 15.8. The second-order valence-corrected chi connectivity index (χ2v) is 7.28. The Morgan fingerprint density at radius 3 is 1.47 bits per heavy atom. The van der Waals surface area contributed by atoms with Crippen molar-refractivity contribution in [3.8, 4) is 0 Å². The van der Waals surface area contributed by atoms with Crippen molar-refractivity contribution < 1.29 is 19.4 Å². The molecule has 0 aromatic heterocycles. The number of hydrogen-bond donors (Lipinski definition) is 1. The van der Waals surface area contributed by atoms with Gasteiger partial charge in [-0.2, -0.15) is 0 Å². The Hall–Kier alpha value is -3.25. The molecule has 3 aromatic carbocycles. The fourth-order valence-electron chi connectivity index (χ4n) is 3.26. The first-order valence-corrected chi connectivity index (χ1v) is 10.6. The van der Waals surface area contributed by atoms with Crippen molar-refractivity contribution in [2.45, 2.75) is 38.1 Å². The zero-order chi connectivity index (χ0) is 22.4. The molecule has 3 aromatic rings. The van der Waals surface area contributed by atoms with Crippen LogP contribution >= 0.6 is 0 Å². The van der Waals surface area contributed by atoms with Gasteiger partial charge in [0, 0.05) is 0 Å². The van der Waals surface area contributed by atoms with E-state index in [9.17, 15) is 5.21 Å². The van der Waals surface area contributed by atoms with Crippen LogP contribution in [0, 0.1) is 0 Å². The van der Waals surface area contributed by atoms with Gasteiger partial charge in [0.05, 0.1) is 26.0 Å². The van der Waals surface area contributed by atoms with Crippen LogP contribution in [-0.2, 0) is 34.0 Å². The van der Waals surface area contributed by atoms with E-state index in [0.717, 1.165) is 16.7 Å². The lowest BCUT2D eigenvalue weighted by Crippen LogP contribution is -2.42. The fourth-order valence-corrected chi connectivity index (χ4v) is 3.26. The van der Waals surface area contributed by atoms with Gasteiger partial charge in [-0.1, -0.05) is 102 Å². The van der Waals surface area contributed by atoms with Gasteiger partial charge in [0.1, 0.15) is 18.3 Å². The highest BCUT2D eigenvalue weighted by atomic mass is 16.6. The van der Waals surface area contributed by atoms with Gasteiger partial charge in [-0.15, -0.1) is 6.58 Å². The van der Waals surface area contributed by atoms with Crippen LogP contribution in [0.15, 0.2) is 109 Å². The molecule has 0 fully saturated rings. The van der Waals surface area contributed by atoms with E-state index in [1.54, 1.807) is 6.08 Å². The largest absolute Gasteiger partial charge is 0.411 e. The lowest BCUT2D eigenvalue weighted by Gasteiger charge is -2.30. The fraction of sp³-hybridized carbons (Fsp3) is 0.222. The minimum absolute atomic E-state index is 0.339. The van der Waals surface area contributed by atoms with Crippen molar-refractivity contribution in [3.05, 3.63) is 120 Å². The lowest BCUT2D eigenvalue weighted by molar-refractivity contribution is -0.116. The van der Waals surface area contributed by atoms with E-state index in [-0.39, 0.29) is 0 Å². The zero-order valence-corrected chi connectivity index (χ0v) is 18.0. The van der Waals surface area contributed by atoms with Gasteiger partial charge >= 0.3 is 0 Å². The van der Waals surface area contributed by atoms with Crippen LogP contribution in [0.2, 0.25) is 0 Å². The van der Waals surface area contributed by atoms with Crippen LogP contribution in [0.3, 0.4) is 0 Å². The van der Waals surface area contributed by atoms with Gasteiger partial charge in [-0.3, -0.25) is 0 Å². The maximum Gasteiger partial charge on any atom is 0.125 e. The summed E-state index contributed by atoms with van der Waals surface area (Å²) in [6.07, 6.45) is 1.32. The second kappa shape index (κ2) is 13.2. The zero-order valence-electron chi connectivity index (χ0n) is 18.0. The Kier molecular flexibility index (Phi) is 9.68. The molecule has 0 aliphatic heterocycles. The molecule has 5 nitrogen and oxygen atoms in total. The van der Waals surface area contributed by atoms with Crippen LogP contribution in [0.1, 0.15) is 16.7 Å². The van der Waals surface area contributed by atoms with Crippen LogP contribution < -0.4 is 0 Å². The Bertz CT molecular complexity index is 932. The monoisotopic (exact) mass is 431 g/mol. The predicted octanol–water partition coefficient (Wildman–Crippen LogP) is 5.39. The molecule has 0 unspecified atom stereocenters. The summed E-state index contributed by atoms with van der Waals surface area (Å²) in [7, 11) is 0. The molecule has 3 rings (SSSR count). The predicted molar refractivity (Wildman–Crippen MR) is 126 cm³/mol. The van der Waals surface area contributed by atoms with E-state index in [4.69, 9.17) is 14.2 Å². The van der Waals surface area contributed by atoms with Crippen molar-refractivity contribution >= 4 is 6.21 Å². The molecular weight excluding hydrogens is 402 g/mol. The lowest BCUT2D eigenvalue weighted by atomic mass is 10.1. The van der Waals surface area contributed by atoms with Crippen LogP contribution in [0.5, 0.6) is 0 Å². The normalized spacial score (nSPS) is 14.1. The number of benzene rings is 3. The Morgan fingerprint density at radius 1 is 0.656 bits per heavy atom. The number of rotatable bonds is 13. The van der Waals surface area contributed by atoms with Gasteiger partial charge < -0.3 is 19.4 Å². The molecule has 0 saturated carbocycles. The quantitative estimate of drug-likeness (QED) is 0.171. The second-order valence-electron chi connectivity index (χ2n) is 7.28. The molecular formula is C27H29NO4. The van der Waals surface area contributed by atoms with E-state index in [1.807, 2.05) is 91.0 Å². The molecule has 0 amide bonds. The summed E-state index contributed by atoms with van der Waals surface area (Å²) < 4.78 is 18.5. The molecule has 0 aliphatic rings. The van der Waals surface area contributed by atoms with Gasteiger partial charge in [-0.05, 0) is 16.7 Å². The van der Waals surface area contributed by atoms with Crippen molar-refractivity contribution in [2.24, 2.45) is 5.16 Å². The van der Waals surface area contributed by atoms with Crippen molar-refractivity contribution in [2.75, 3.05) is 0 Å². The summed E-state index contributed by atoms with van der Waals surface area (Å²) in [5.74, 6) is 0. The average Bonchev–Trinajstić information content (AvgIpc) is 2.86. The first-order valence-electron chi connectivity index (χ1n) is 10.6. The Labute approximate surface area is 189 Å². The van der Waals surface area contributed by atoms with Gasteiger partial charge in [0.25, 0.3) is 0 Å². The van der Waals surface area contributed by atoms with Crippen molar-refractivity contribution in [3.63, 3.8) is 0 Å². The van der Waals surface area contributed by atoms with Crippen LogP contribution in [0.4, 0.5) is 0 Å². The number of oxime groups is 1. The van der Waals surface area contributed by atoms with Crippen molar-refractivity contribution in [1.29, 1.82) is 0 Å². The third-order valence-corrected chi connectivity index (χ3v) is 4.95. The van der Waals surface area contributed by atoms with E-state index in [0.29, 0.717) is 19.8 Å². The highest BCUT2D eigenvalue weighted by molar-refractivity contribution is 5.63. The third kappa shape index (κ3) is 7.46. The van der Waals surface area contributed by atoms with E-state index >= 15 is 0 Å². The minimum atomic E-state index is -0.650. The molecule has 5 heteroatoms. The number of hydrogen-bond acceptors (Lipinski definition) is 5. The maximum atomic E-state index is 9.30. The highest BCUT2D eigenvalue weighted by Gasteiger charge is 2.30. The topological polar surface area (TPSA) is 60.3 Å². The Balaban J connectivity index is 1.75. The van der Waals surface area contributed by atoms with E-state index in [1.165, 1.54) is 6.21 Å². The molecule has 1 N–H and O–H groups in total. The van der Waals surface area contributed by atoms with Crippen LogP contribution in [-0.4, -0.2) is 29.7 Å². The minimum Gasteiger partial charge on any atom is -0.411 e. The SMILES string of the molecule is C=C[C@H](OCc1ccccc1)[C@H](OCc1ccccc1)[C@H](/C=N/O)OCc1ccccc1. The molecule has 3 atom stereocenters. The summed E-state index contributed by atoms with van der Waals surface area (Å²) in [5.41, 5.74) is 3.07. The summed E-state index contributed by atoms with van der Waals surface area (Å²) in [6, 6.07) is 29.6. The molecule has 0 saturated heterocycles.